The largest absolute Gasteiger partial charge is 0.381 e. The monoisotopic (exact) mass is 295 g/mol. The van der Waals surface area contributed by atoms with E-state index in [1.54, 1.807) is 0 Å². The standard InChI is InChI=1S/C14H18ClN3O2/c1-2-7-18-14(19)13(12(15)9-17-18)16-6-3-8-20-10-11-4-5-11/h1,9,11,16H,3-8,10H2. The zero-order chi connectivity index (χ0) is 14.4. The van der Waals surface area contributed by atoms with E-state index in [1.807, 2.05) is 0 Å². The van der Waals surface area contributed by atoms with E-state index < -0.39 is 0 Å². The highest BCUT2D eigenvalue weighted by Gasteiger charge is 2.20. The Labute approximate surface area is 123 Å². The van der Waals surface area contributed by atoms with Crippen LogP contribution in [0.5, 0.6) is 0 Å². The van der Waals surface area contributed by atoms with Crippen molar-refractivity contribution in [1.29, 1.82) is 0 Å². The van der Waals surface area contributed by atoms with Gasteiger partial charge in [-0.05, 0) is 25.2 Å². The number of aromatic nitrogens is 2. The molecule has 1 aliphatic rings. The molecule has 1 heterocycles. The summed E-state index contributed by atoms with van der Waals surface area (Å²) < 4.78 is 6.73. The maximum atomic E-state index is 12.0. The predicted molar refractivity (Wildman–Crippen MR) is 79.0 cm³/mol. The quantitative estimate of drug-likeness (QED) is 0.586. The topological polar surface area (TPSA) is 56.1 Å². The predicted octanol–water partition coefficient (Wildman–Crippen LogP) is 1.76. The molecule has 1 aromatic rings. The van der Waals surface area contributed by atoms with Crippen LogP contribution in [0.4, 0.5) is 5.69 Å². The Hall–Kier alpha value is -1.51. The molecule has 1 N–H and O–H groups in total. The molecule has 0 radical (unpaired) electrons. The van der Waals surface area contributed by atoms with Gasteiger partial charge in [-0.15, -0.1) is 6.42 Å². The van der Waals surface area contributed by atoms with Gasteiger partial charge in [-0.1, -0.05) is 17.5 Å². The highest BCUT2D eigenvalue weighted by atomic mass is 35.5. The second-order valence-electron chi connectivity index (χ2n) is 4.83. The number of halogens is 1. The summed E-state index contributed by atoms with van der Waals surface area (Å²) in [6.45, 7) is 2.30. The lowest BCUT2D eigenvalue weighted by Gasteiger charge is -2.09. The van der Waals surface area contributed by atoms with Crippen LogP contribution in [0.1, 0.15) is 19.3 Å². The van der Waals surface area contributed by atoms with E-state index >= 15 is 0 Å². The number of terminal acetylenes is 1. The van der Waals surface area contributed by atoms with E-state index in [-0.39, 0.29) is 12.1 Å². The maximum Gasteiger partial charge on any atom is 0.292 e. The summed E-state index contributed by atoms with van der Waals surface area (Å²) in [7, 11) is 0. The van der Waals surface area contributed by atoms with Gasteiger partial charge in [-0.3, -0.25) is 4.79 Å². The molecule has 0 bridgehead atoms. The van der Waals surface area contributed by atoms with Gasteiger partial charge in [0.2, 0.25) is 0 Å². The molecule has 0 aliphatic heterocycles. The van der Waals surface area contributed by atoms with Gasteiger partial charge in [0.05, 0.1) is 11.2 Å². The SMILES string of the molecule is C#CCn1ncc(Cl)c(NCCCOCC2CC2)c1=O. The average Bonchev–Trinajstić information content (AvgIpc) is 3.24. The lowest BCUT2D eigenvalue weighted by atomic mass is 10.4. The summed E-state index contributed by atoms with van der Waals surface area (Å²) in [6.07, 6.45) is 10.0. The third-order valence-corrected chi connectivity index (χ3v) is 3.34. The first-order chi connectivity index (χ1) is 9.72. The fourth-order valence-electron chi connectivity index (χ4n) is 1.75. The first-order valence-corrected chi connectivity index (χ1v) is 7.11. The lowest BCUT2D eigenvalue weighted by molar-refractivity contribution is 0.124. The van der Waals surface area contributed by atoms with E-state index in [0.717, 1.165) is 18.9 Å². The van der Waals surface area contributed by atoms with Crippen molar-refractivity contribution in [1.82, 2.24) is 9.78 Å². The number of hydrogen-bond acceptors (Lipinski definition) is 4. The fourth-order valence-corrected chi connectivity index (χ4v) is 1.94. The molecular formula is C14H18ClN3O2. The highest BCUT2D eigenvalue weighted by Crippen LogP contribution is 2.28. The van der Waals surface area contributed by atoms with Crippen molar-refractivity contribution in [3.05, 3.63) is 21.6 Å². The molecule has 1 saturated carbocycles. The second-order valence-corrected chi connectivity index (χ2v) is 5.24. The van der Waals surface area contributed by atoms with E-state index in [0.29, 0.717) is 23.9 Å². The van der Waals surface area contributed by atoms with E-state index in [1.165, 1.54) is 23.7 Å². The fraction of sp³-hybridized carbons (Fsp3) is 0.571. The van der Waals surface area contributed by atoms with Crippen LogP contribution >= 0.6 is 11.6 Å². The zero-order valence-corrected chi connectivity index (χ0v) is 12.0. The molecule has 0 saturated heterocycles. The molecule has 1 fully saturated rings. The molecule has 0 atom stereocenters. The van der Waals surface area contributed by atoms with Crippen molar-refractivity contribution in [3.63, 3.8) is 0 Å². The van der Waals surface area contributed by atoms with Gasteiger partial charge in [0.25, 0.3) is 5.56 Å². The van der Waals surface area contributed by atoms with Gasteiger partial charge >= 0.3 is 0 Å². The molecule has 2 rings (SSSR count). The Morgan fingerprint density at radius 3 is 3.10 bits per heavy atom. The number of nitrogens with one attached hydrogen (secondary N) is 1. The van der Waals surface area contributed by atoms with Gasteiger partial charge in [0.15, 0.2) is 0 Å². The highest BCUT2D eigenvalue weighted by molar-refractivity contribution is 6.32. The van der Waals surface area contributed by atoms with E-state index in [2.05, 4.69) is 16.3 Å². The van der Waals surface area contributed by atoms with Crippen molar-refractivity contribution in [2.24, 2.45) is 5.92 Å². The molecule has 1 aromatic heterocycles. The van der Waals surface area contributed by atoms with Crippen LogP contribution < -0.4 is 10.9 Å². The number of ether oxygens (including phenoxy) is 1. The molecule has 108 valence electrons. The van der Waals surface area contributed by atoms with E-state index in [4.69, 9.17) is 22.8 Å². The normalized spacial score (nSPS) is 14.0. The molecule has 20 heavy (non-hydrogen) atoms. The van der Waals surface area contributed by atoms with Gasteiger partial charge in [-0.2, -0.15) is 5.10 Å². The number of nitrogens with zero attached hydrogens (tertiary/aromatic N) is 2. The molecule has 0 unspecified atom stereocenters. The van der Waals surface area contributed by atoms with Crippen molar-refractivity contribution in [2.45, 2.75) is 25.8 Å². The van der Waals surface area contributed by atoms with Gasteiger partial charge < -0.3 is 10.1 Å². The third-order valence-electron chi connectivity index (χ3n) is 3.06. The van der Waals surface area contributed by atoms with Crippen LogP contribution in [-0.2, 0) is 11.3 Å². The lowest BCUT2D eigenvalue weighted by Crippen LogP contribution is -2.26. The van der Waals surface area contributed by atoms with Crippen LogP contribution in [0.15, 0.2) is 11.0 Å². The minimum absolute atomic E-state index is 0.134. The molecular weight excluding hydrogens is 278 g/mol. The molecule has 0 spiro atoms. The maximum absolute atomic E-state index is 12.0. The van der Waals surface area contributed by atoms with Crippen LogP contribution in [0.25, 0.3) is 0 Å². The summed E-state index contributed by atoms with van der Waals surface area (Å²) >= 11 is 5.97. The smallest absolute Gasteiger partial charge is 0.292 e. The van der Waals surface area contributed by atoms with Crippen molar-refractivity contribution in [3.8, 4) is 12.3 Å². The Kier molecular flexibility index (Phi) is 5.45. The van der Waals surface area contributed by atoms with Crippen molar-refractivity contribution in [2.75, 3.05) is 25.1 Å². The Balaban J connectivity index is 1.80. The molecule has 6 heteroatoms. The molecule has 0 aromatic carbocycles. The van der Waals surface area contributed by atoms with Gasteiger partial charge in [0, 0.05) is 19.8 Å². The molecule has 1 aliphatic carbocycles. The Morgan fingerprint density at radius 1 is 1.60 bits per heavy atom. The number of hydrogen-bond donors (Lipinski definition) is 1. The van der Waals surface area contributed by atoms with Crippen molar-refractivity contribution < 1.29 is 4.74 Å². The zero-order valence-electron chi connectivity index (χ0n) is 11.3. The third kappa shape index (κ3) is 4.26. The average molecular weight is 296 g/mol. The Bertz CT molecular complexity index is 546. The summed E-state index contributed by atoms with van der Waals surface area (Å²) in [5.41, 5.74) is 0.0495. The summed E-state index contributed by atoms with van der Waals surface area (Å²) in [4.78, 5) is 12.0. The Morgan fingerprint density at radius 2 is 2.40 bits per heavy atom. The van der Waals surface area contributed by atoms with Crippen LogP contribution in [0.2, 0.25) is 5.02 Å². The summed E-state index contributed by atoms with van der Waals surface area (Å²) in [5, 5.41) is 7.21. The second kappa shape index (κ2) is 7.32. The summed E-state index contributed by atoms with van der Waals surface area (Å²) in [5.74, 6) is 3.15. The van der Waals surface area contributed by atoms with Crippen LogP contribution in [0.3, 0.4) is 0 Å². The summed E-state index contributed by atoms with van der Waals surface area (Å²) in [6, 6.07) is 0. The van der Waals surface area contributed by atoms with Gasteiger partial charge in [0.1, 0.15) is 12.2 Å². The number of rotatable bonds is 8. The molecule has 5 nitrogen and oxygen atoms in total. The number of anilines is 1. The molecule has 0 amide bonds. The van der Waals surface area contributed by atoms with Crippen molar-refractivity contribution >= 4 is 17.3 Å². The minimum Gasteiger partial charge on any atom is -0.381 e. The van der Waals surface area contributed by atoms with Crippen LogP contribution in [0, 0.1) is 18.3 Å². The van der Waals surface area contributed by atoms with E-state index in [9.17, 15) is 4.79 Å². The van der Waals surface area contributed by atoms with Crippen LogP contribution in [-0.4, -0.2) is 29.5 Å². The van der Waals surface area contributed by atoms with Gasteiger partial charge in [-0.25, -0.2) is 4.68 Å². The first kappa shape index (κ1) is 14.9. The minimum atomic E-state index is -0.297. The first-order valence-electron chi connectivity index (χ1n) is 6.73.